The first-order chi connectivity index (χ1) is 12.4. The molecule has 6 unspecified atom stereocenters. The summed E-state index contributed by atoms with van der Waals surface area (Å²) in [5.74, 6) is 0.291. The SMILES string of the molecule is CCC(C)C(=O)OC1CC2CC1CC2C(=O)OC(C)c1ccc(C)cc1. The molecule has 0 N–H and O–H groups in total. The van der Waals surface area contributed by atoms with Crippen LogP contribution in [0, 0.1) is 30.6 Å². The zero-order chi connectivity index (χ0) is 18.8. The summed E-state index contributed by atoms with van der Waals surface area (Å²) in [5, 5.41) is 0. The van der Waals surface area contributed by atoms with Crippen molar-refractivity contribution < 1.29 is 19.1 Å². The van der Waals surface area contributed by atoms with E-state index in [1.54, 1.807) is 0 Å². The van der Waals surface area contributed by atoms with Gasteiger partial charge in [-0.15, -0.1) is 0 Å². The lowest BCUT2D eigenvalue weighted by atomic mass is 9.87. The normalized spacial score (nSPS) is 29.2. The molecule has 0 saturated heterocycles. The van der Waals surface area contributed by atoms with Crippen LogP contribution in [0.15, 0.2) is 24.3 Å². The standard InChI is InChI=1S/C22H30O4/c1-5-14(3)21(23)26-20-12-17-10-18(20)11-19(17)22(24)25-15(4)16-8-6-13(2)7-9-16/h6-9,14-15,17-20H,5,10-12H2,1-4H3. The van der Waals surface area contributed by atoms with Crippen LogP contribution in [-0.2, 0) is 19.1 Å². The van der Waals surface area contributed by atoms with Gasteiger partial charge in [0.15, 0.2) is 0 Å². The predicted molar refractivity (Wildman–Crippen MR) is 99.3 cm³/mol. The van der Waals surface area contributed by atoms with E-state index in [9.17, 15) is 9.59 Å². The van der Waals surface area contributed by atoms with Crippen LogP contribution in [0.4, 0.5) is 0 Å². The number of carbonyl (C=O) groups is 2. The van der Waals surface area contributed by atoms with Crippen molar-refractivity contribution in [1.29, 1.82) is 0 Å². The van der Waals surface area contributed by atoms with E-state index in [2.05, 4.69) is 0 Å². The van der Waals surface area contributed by atoms with Gasteiger partial charge in [-0.3, -0.25) is 9.59 Å². The Bertz CT molecular complexity index is 651. The van der Waals surface area contributed by atoms with Crippen LogP contribution in [0.3, 0.4) is 0 Å². The minimum atomic E-state index is -0.235. The lowest BCUT2D eigenvalue weighted by Gasteiger charge is -2.28. The first kappa shape index (κ1) is 18.9. The van der Waals surface area contributed by atoms with Gasteiger partial charge in [-0.05, 0) is 56.9 Å². The number of ether oxygens (including phenoxy) is 2. The molecule has 2 bridgehead atoms. The van der Waals surface area contributed by atoms with E-state index in [1.165, 1.54) is 5.56 Å². The first-order valence-corrected chi connectivity index (χ1v) is 9.86. The third-order valence-corrected chi connectivity index (χ3v) is 6.22. The summed E-state index contributed by atoms with van der Waals surface area (Å²) in [6.07, 6.45) is 3.10. The molecule has 1 aromatic carbocycles. The molecular formula is C22H30O4. The maximum Gasteiger partial charge on any atom is 0.309 e. The number of aryl methyl sites for hydroxylation is 1. The maximum atomic E-state index is 12.6. The van der Waals surface area contributed by atoms with Crippen LogP contribution in [0.5, 0.6) is 0 Å². The second-order valence-electron chi connectivity index (χ2n) is 8.11. The van der Waals surface area contributed by atoms with Gasteiger partial charge in [-0.25, -0.2) is 0 Å². The monoisotopic (exact) mass is 358 g/mol. The topological polar surface area (TPSA) is 52.6 Å². The highest BCUT2D eigenvalue weighted by atomic mass is 16.5. The Morgan fingerprint density at radius 2 is 1.77 bits per heavy atom. The summed E-state index contributed by atoms with van der Waals surface area (Å²) in [4.78, 5) is 24.7. The number of esters is 2. The highest BCUT2D eigenvalue weighted by molar-refractivity contribution is 5.74. The molecule has 2 saturated carbocycles. The van der Waals surface area contributed by atoms with Crippen LogP contribution >= 0.6 is 0 Å². The van der Waals surface area contributed by atoms with Crippen molar-refractivity contribution in [1.82, 2.24) is 0 Å². The summed E-state index contributed by atoms with van der Waals surface area (Å²) < 4.78 is 11.4. The van der Waals surface area contributed by atoms with Gasteiger partial charge in [0, 0.05) is 0 Å². The second kappa shape index (κ2) is 7.81. The van der Waals surface area contributed by atoms with Gasteiger partial charge in [0.2, 0.25) is 0 Å². The molecule has 0 radical (unpaired) electrons. The summed E-state index contributed by atoms with van der Waals surface area (Å²) in [6, 6.07) is 8.10. The Labute approximate surface area is 156 Å². The Kier molecular flexibility index (Phi) is 5.69. The summed E-state index contributed by atoms with van der Waals surface area (Å²) in [7, 11) is 0. The number of rotatable bonds is 6. The molecule has 3 rings (SSSR count). The van der Waals surface area contributed by atoms with Gasteiger partial charge in [-0.1, -0.05) is 43.7 Å². The van der Waals surface area contributed by atoms with E-state index in [0.717, 1.165) is 31.2 Å². The van der Waals surface area contributed by atoms with Crippen LogP contribution in [0.1, 0.15) is 63.7 Å². The Balaban J connectivity index is 1.52. The fourth-order valence-corrected chi connectivity index (χ4v) is 4.26. The van der Waals surface area contributed by atoms with E-state index in [-0.39, 0.29) is 41.9 Å². The minimum Gasteiger partial charge on any atom is -0.462 e. The van der Waals surface area contributed by atoms with Crippen molar-refractivity contribution >= 4 is 11.9 Å². The molecule has 2 aliphatic rings. The van der Waals surface area contributed by atoms with E-state index in [1.807, 2.05) is 52.0 Å². The molecule has 4 heteroatoms. The van der Waals surface area contributed by atoms with Crippen molar-refractivity contribution in [3.8, 4) is 0 Å². The van der Waals surface area contributed by atoms with E-state index in [4.69, 9.17) is 9.47 Å². The summed E-state index contributed by atoms with van der Waals surface area (Å²) >= 11 is 0. The third kappa shape index (κ3) is 3.94. The highest BCUT2D eigenvalue weighted by Crippen LogP contribution is 2.50. The Hall–Kier alpha value is -1.84. The van der Waals surface area contributed by atoms with Crippen molar-refractivity contribution in [3.05, 3.63) is 35.4 Å². The molecule has 1 aromatic rings. The van der Waals surface area contributed by atoms with Crippen molar-refractivity contribution in [2.45, 2.75) is 65.6 Å². The number of hydrogen-bond donors (Lipinski definition) is 0. The Morgan fingerprint density at radius 3 is 2.35 bits per heavy atom. The zero-order valence-corrected chi connectivity index (χ0v) is 16.2. The molecule has 6 atom stereocenters. The van der Waals surface area contributed by atoms with Gasteiger partial charge >= 0.3 is 11.9 Å². The Morgan fingerprint density at radius 1 is 1.08 bits per heavy atom. The fourth-order valence-electron chi connectivity index (χ4n) is 4.26. The summed E-state index contributed by atoms with van der Waals surface area (Å²) in [5.41, 5.74) is 2.21. The van der Waals surface area contributed by atoms with Crippen molar-refractivity contribution in [2.75, 3.05) is 0 Å². The van der Waals surface area contributed by atoms with Crippen LogP contribution in [0.2, 0.25) is 0 Å². The third-order valence-electron chi connectivity index (χ3n) is 6.22. The van der Waals surface area contributed by atoms with Crippen LogP contribution in [-0.4, -0.2) is 18.0 Å². The zero-order valence-electron chi connectivity index (χ0n) is 16.2. The van der Waals surface area contributed by atoms with Gasteiger partial charge in [0.05, 0.1) is 11.8 Å². The smallest absolute Gasteiger partial charge is 0.309 e. The molecular weight excluding hydrogens is 328 g/mol. The molecule has 2 aliphatic carbocycles. The van der Waals surface area contributed by atoms with Gasteiger partial charge in [0.25, 0.3) is 0 Å². The molecule has 2 fully saturated rings. The van der Waals surface area contributed by atoms with Crippen molar-refractivity contribution in [2.24, 2.45) is 23.7 Å². The van der Waals surface area contributed by atoms with Gasteiger partial charge in [-0.2, -0.15) is 0 Å². The van der Waals surface area contributed by atoms with Crippen molar-refractivity contribution in [3.63, 3.8) is 0 Å². The quantitative estimate of drug-likeness (QED) is 0.697. The van der Waals surface area contributed by atoms with E-state index in [0.29, 0.717) is 5.92 Å². The lowest BCUT2D eigenvalue weighted by Crippen LogP contribution is -2.32. The minimum absolute atomic E-state index is 0.0138. The van der Waals surface area contributed by atoms with E-state index >= 15 is 0 Å². The first-order valence-electron chi connectivity index (χ1n) is 9.86. The average Bonchev–Trinajstić information content (AvgIpc) is 3.21. The van der Waals surface area contributed by atoms with Crippen LogP contribution < -0.4 is 0 Å². The van der Waals surface area contributed by atoms with E-state index < -0.39 is 0 Å². The molecule has 0 heterocycles. The molecule has 0 amide bonds. The molecule has 0 aromatic heterocycles. The largest absolute Gasteiger partial charge is 0.462 e. The fraction of sp³-hybridized carbons (Fsp3) is 0.636. The highest BCUT2D eigenvalue weighted by Gasteiger charge is 2.51. The molecule has 0 aliphatic heterocycles. The number of hydrogen-bond acceptors (Lipinski definition) is 4. The maximum absolute atomic E-state index is 12.6. The summed E-state index contributed by atoms with van der Waals surface area (Å²) in [6.45, 7) is 7.86. The second-order valence-corrected chi connectivity index (χ2v) is 8.11. The lowest BCUT2D eigenvalue weighted by molar-refractivity contribution is -0.160. The molecule has 142 valence electrons. The number of benzene rings is 1. The predicted octanol–water partition coefficient (Wildman–Crippen LogP) is 4.60. The number of carbonyl (C=O) groups excluding carboxylic acids is 2. The van der Waals surface area contributed by atoms with Crippen LogP contribution in [0.25, 0.3) is 0 Å². The van der Waals surface area contributed by atoms with Gasteiger partial charge in [0.1, 0.15) is 12.2 Å². The number of fused-ring (bicyclic) bond motifs is 2. The molecule has 26 heavy (non-hydrogen) atoms. The molecule has 0 spiro atoms. The average molecular weight is 358 g/mol. The molecule has 4 nitrogen and oxygen atoms in total. The van der Waals surface area contributed by atoms with Gasteiger partial charge < -0.3 is 9.47 Å².